The van der Waals surface area contributed by atoms with E-state index in [-0.39, 0.29) is 11.7 Å². The number of carbonyl (C=O) groups excluding carboxylic acids is 1. The quantitative estimate of drug-likeness (QED) is 0.615. The zero-order valence-electron chi connectivity index (χ0n) is 15.5. The maximum absolute atomic E-state index is 12.9. The molecule has 2 aromatic carbocycles. The van der Waals surface area contributed by atoms with E-state index in [0.29, 0.717) is 35.6 Å². The number of aromatic hydroxyl groups is 1. The molecule has 3 rings (SSSR count). The number of nitrogens with zero attached hydrogens (tertiary/aromatic N) is 2. The molecule has 0 spiro atoms. The highest BCUT2D eigenvalue weighted by molar-refractivity contribution is 6.32. The van der Waals surface area contributed by atoms with Crippen LogP contribution >= 0.6 is 0 Å². The normalized spacial score (nSPS) is 15.2. The van der Waals surface area contributed by atoms with E-state index in [9.17, 15) is 9.90 Å². The third-order valence-corrected chi connectivity index (χ3v) is 4.21. The van der Waals surface area contributed by atoms with E-state index < -0.39 is 0 Å². The van der Waals surface area contributed by atoms with Gasteiger partial charge < -0.3 is 9.84 Å². The third kappa shape index (κ3) is 3.77. The minimum atomic E-state index is -0.185. The van der Waals surface area contributed by atoms with Crippen LogP contribution < -0.4 is 9.75 Å². The van der Waals surface area contributed by atoms with Crippen LogP contribution in [0.3, 0.4) is 0 Å². The molecule has 1 N–H and O–H groups in total. The lowest BCUT2D eigenvalue weighted by molar-refractivity contribution is -0.114. The molecule has 0 unspecified atom stereocenters. The first-order valence-corrected chi connectivity index (χ1v) is 8.81. The monoisotopic (exact) mass is 362 g/mol. The van der Waals surface area contributed by atoms with Gasteiger partial charge in [0.05, 0.1) is 23.6 Å². The molecule has 0 aliphatic carbocycles. The summed E-state index contributed by atoms with van der Waals surface area (Å²) in [6, 6.07) is 12.9. The van der Waals surface area contributed by atoms with Crippen molar-refractivity contribution in [1.29, 1.82) is 0 Å². The second-order valence-corrected chi connectivity index (χ2v) is 6.15. The largest absolute Gasteiger partial charge is 0.504 e. The van der Waals surface area contributed by atoms with Gasteiger partial charge in [0.1, 0.15) is 0 Å². The van der Waals surface area contributed by atoms with Crippen molar-refractivity contribution in [3.05, 3.63) is 71.8 Å². The van der Waals surface area contributed by atoms with E-state index in [0.717, 1.165) is 11.3 Å². The summed E-state index contributed by atoms with van der Waals surface area (Å²) in [5.74, 6) is 0.312. The van der Waals surface area contributed by atoms with Crippen LogP contribution in [0.15, 0.2) is 65.8 Å². The molecule has 5 nitrogen and oxygen atoms in total. The van der Waals surface area contributed by atoms with Gasteiger partial charge >= 0.3 is 0 Å². The van der Waals surface area contributed by atoms with E-state index in [4.69, 9.17) is 4.74 Å². The minimum Gasteiger partial charge on any atom is -0.504 e. The highest BCUT2D eigenvalue weighted by atomic mass is 16.5. The predicted molar refractivity (Wildman–Crippen MR) is 108 cm³/mol. The topological polar surface area (TPSA) is 62.1 Å². The molecule has 0 saturated carbocycles. The van der Waals surface area contributed by atoms with E-state index in [1.54, 1.807) is 25.1 Å². The molecular formula is C22H22N2O3. The Labute approximate surface area is 158 Å². The molecule has 138 valence electrons. The molecule has 1 amide bonds. The van der Waals surface area contributed by atoms with Gasteiger partial charge in [0.15, 0.2) is 11.5 Å². The van der Waals surface area contributed by atoms with Crippen molar-refractivity contribution in [2.45, 2.75) is 20.3 Å². The molecule has 0 fully saturated rings. The zero-order valence-corrected chi connectivity index (χ0v) is 15.5. The van der Waals surface area contributed by atoms with Gasteiger partial charge in [-0.2, -0.15) is 10.1 Å². The fourth-order valence-corrected chi connectivity index (χ4v) is 2.94. The molecule has 0 aromatic heterocycles. The number of benzene rings is 2. The lowest BCUT2D eigenvalue weighted by Crippen LogP contribution is -2.21. The maximum Gasteiger partial charge on any atom is 0.280 e. The van der Waals surface area contributed by atoms with Gasteiger partial charge in [-0.1, -0.05) is 24.3 Å². The third-order valence-electron chi connectivity index (χ3n) is 4.21. The first kappa shape index (κ1) is 18.5. The number of hydrogen-bond donors (Lipinski definition) is 1. The van der Waals surface area contributed by atoms with Crippen molar-refractivity contribution >= 4 is 23.4 Å². The number of ether oxygens (including phenoxy) is 1. The lowest BCUT2D eigenvalue weighted by atomic mass is 10.0. The Morgan fingerprint density at radius 2 is 2.00 bits per heavy atom. The van der Waals surface area contributed by atoms with E-state index in [1.165, 1.54) is 5.01 Å². The summed E-state index contributed by atoms with van der Waals surface area (Å²) in [7, 11) is 0. The molecule has 1 aliphatic rings. The summed E-state index contributed by atoms with van der Waals surface area (Å²) in [5.41, 5.74) is 3.33. The smallest absolute Gasteiger partial charge is 0.280 e. The first-order chi connectivity index (χ1) is 13.0. The Morgan fingerprint density at radius 3 is 2.67 bits per heavy atom. The molecule has 0 radical (unpaired) electrons. The Hall–Kier alpha value is -3.34. The first-order valence-electron chi connectivity index (χ1n) is 8.81. The Morgan fingerprint density at radius 1 is 1.26 bits per heavy atom. The molecule has 5 heteroatoms. The van der Waals surface area contributed by atoms with Crippen LogP contribution in [-0.2, 0) is 11.2 Å². The van der Waals surface area contributed by atoms with Gasteiger partial charge in [0.25, 0.3) is 5.91 Å². The van der Waals surface area contributed by atoms with Crippen LogP contribution in [0.5, 0.6) is 11.5 Å². The van der Waals surface area contributed by atoms with Crippen LogP contribution in [0.1, 0.15) is 25.0 Å². The fraction of sp³-hybridized carbons (Fsp3) is 0.182. The summed E-state index contributed by atoms with van der Waals surface area (Å²) >= 11 is 0. The molecule has 0 bridgehead atoms. The highest BCUT2D eigenvalue weighted by Crippen LogP contribution is 2.34. The number of phenolic OH excluding ortho intramolecular Hbond substituents is 1. The van der Waals surface area contributed by atoms with Gasteiger partial charge in [0.2, 0.25) is 0 Å². The second-order valence-electron chi connectivity index (χ2n) is 6.15. The van der Waals surface area contributed by atoms with Crippen molar-refractivity contribution < 1.29 is 14.6 Å². The highest BCUT2D eigenvalue weighted by Gasteiger charge is 2.28. The zero-order chi connectivity index (χ0) is 19.4. The van der Waals surface area contributed by atoms with Gasteiger partial charge in [-0.05, 0) is 56.2 Å². The number of rotatable bonds is 6. The number of anilines is 1. The van der Waals surface area contributed by atoms with Crippen molar-refractivity contribution in [3.8, 4) is 11.5 Å². The van der Waals surface area contributed by atoms with Gasteiger partial charge in [-0.15, -0.1) is 6.58 Å². The summed E-state index contributed by atoms with van der Waals surface area (Å²) in [6.07, 6.45) is 3.99. The number of hydrazone groups is 1. The number of phenols is 1. The average Bonchev–Trinajstić information content (AvgIpc) is 2.94. The van der Waals surface area contributed by atoms with Crippen molar-refractivity contribution in [1.82, 2.24) is 0 Å². The molecule has 0 saturated heterocycles. The van der Waals surface area contributed by atoms with Crippen LogP contribution in [0.2, 0.25) is 0 Å². The molecule has 1 heterocycles. The fourth-order valence-electron chi connectivity index (χ4n) is 2.94. The summed E-state index contributed by atoms with van der Waals surface area (Å²) in [5, 5.41) is 16.1. The van der Waals surface area contributed by atoms with E-state index in [2.05, 4.69) is 11.7 Å². The molecule has 0 atom stereocenters. The minimum absolute atomic E-state index is 0.105. The molecule has 2 aromatic rings. The summed E-state index contributed by atoms with van der Waals surface area (Å²) in [4.78, 5) is 12.9. The number of para-hydroxylation sites is 1. The van der Waals surface area contributed by atoms with E-state index in [1.807, 2.05) is 43.3 Å². The Balaban J connectivity index is 2.00. The SMILES string of the molecule is C=CCc1cc(C=C2C(=O)N(c3ccccc3)N=C2C)cc(OCC)c1O. The molecule has 27 heavy (non-hydrogen) atoms. The van der Waals surface area contributed by atoms with Crippen LogP contribution in [0.4, 0.5) is 5.69 Å². The second kappa shape index (κ2) is 7.91. The molecular weight excluding hydrogens is 340 g/mol. The van der Waals surface area contributed by atoms with Gasteiger partial charge in [-0.25, -0.2) is 0 Å². The number of amides is 1. The predicted octanol–water partition coefficient (Wildman–Crippen LogP) is 4.33. The van der Waals surface area contributed by atoms with Crippen LogP contribution in [0.25, 0.3) is 6.08 Å². The Kier molecular flexibility index (Phi) is 5.41. The van der Waals surface area contributed by atoms with Gasteiger partial charge in [0, 0.05) is 5.56 Å². The van der Waals surface area contributed by atoms with Crippen molar-refractivity contribution in [2.75, 3.05) is 11.6 Å². The summed E-state index contributed by atoms with van der Waals surface area (Å²) < 4.78 is 5.53. The number of allylic oxidation sites excluding steroid dienone is 1. The average molecular weight is 362 g/mol. The molecule has 1 aliphatic heterocycles. The summed E-state index contributed by atoms with van der Waals surface area (Å²) in [6.45, 7) is 7.82. The van der Waals surface area contributed by atoms with Crippen molar-refractivity contribution in [2.24, 2.45) is 5.10 Å². The van der Waals surface area contributed by atoms with E-state index >= 15 is 0 Å². The number of carbonyl (C=O) groups is 1. The maximum atomic E-state index is 12.9. The van der Waals surface area contributed by atoms with Gasteiger partial charge in [-0.3, -0.25) is 4.79 Å². The standard InChI is InChI=1S/C22H22N2O3/c1-4-9-17-12-16(14-20(21(17)25)27-5-2)13-19-15(3)23-24(22(19)26)18-10-7-6-8-11-18/h4,6-8,10-14,25H,1,5,9H2,2-3H3. The number of hydrogen-bond acceptors (Lipinski definition) is 4. The lowest BCUT2D eigenvalue weighted by Gasteiger charge is -2.12. The Bertz CT molecular complexity index is 930. The van der Waals surface area contributed by atoms with Crippen molar-refractivity contribution in [3.63, 3.8) is 0 Å². The van der Waals surface area contributed by atoms with Crippen LogP contribution in [0, 0.1) is 0 Å². The van der Waals surface area contributed by atoms with Crippen LogP contribution in [-0.4, -0.2) is 23.3 Å².